The van der Waals surface area contributed by atoms with Gasteiger partial charge in [-0.05, 0) is 24.3 Å². The molecule has 2 aromatic rings. The Hall–Kier alpha value is -1.60. The quantitative estimate of drug-likeness (QED) is 0.673. The van der Waals surface area contributed by atoms with Gasteiger partial charge in [-0.1, -0.05) is 36.4 Å². The third-order valence-corrected chi connectivity index (χ3v) is 3.83. The summed E-state index contributed by atoms with van der Waals surface area (Å²) in [5.74, 6) is 0. The van der Waals surface area contributed by atoms with Gasteiger partial charge in [-0.2, -0.15) is 0 Å². The van der Waals surface area contributed by atoms with Crippen molar-refractivity contribution in [3.8, 4) is 0 Å². The number of benzene rings is 2. The summed E-state index contributed by atoms with van der Waals surface area (Å²) in [6, 6.07) is 21.8. The number of hydrogen-bond donors (Lipinski definition) is 0. The SMILES string of the molecule is c1ccc([N+]2(c3ccccc3)CCCC2)cc1. The zero-order valence-electron chi connectivity index (χ0n) is 10.0. The molecule has 0 N–H and O–H groups in total. The highest BCUT2D eigenvalue weighted by molar-refractivity contribution is 5.58. The minimum absolute atomic E-state index is 1.03. The van der Waals surface area contributed by atoms with Crippen LogP contribution in [0.2, 0.25) is 0 Å². The van der Waals surface area contributed by atoms with Gasteiger partial charge in [0.2, 0.25) is 0 Å². The highest BCUT2D eigenvalue weighted by Crippen LogP contribution is 2.38. The fraction of sp³-hybridized carbons (Fsp3) is 0.250. The molecule has 86 valence electrons. The Bertz CT molecular complexity index is 428. The number of rotatable bonds is 2. The maximum Gasteiger partial charge on any atom is 0.137 e. The van der Waals surface area contributed by atoms with Crippen LogP contribution >= 0.6 is 0 Å². The van der Waals surface area contributed by atoms with E-state index in [9.17, 15) is 0 Å². The maximum absolute atomic E-state index is 2.26. The molecule has 1 fully saturated rings. The van der Waals surface area contributed by atoms with Gasteiger partial charge in [0.15, 0.2) is 0 Å². The van der Waals surface area contributed by atoms with E-state index in [1.807, 2.05) is 0 Å². The van der Waals surface area contributed by atoms with Gasteiger partial charge in [0.25, 0.3) is 0 Å². The Kier molecular flexibility index (Phi) is 2.69. The lowest BCUT2D eigenvalue weighted by Crippen LogP contribution is -2.40. The molecule has 1 nitrogen and oxygen atoms in total. The van der Waals surface area contributed by atoms with Gasteiger partial charge in [0.1, 0.15) is 11.4 Å². The summed E-state index contributed by atoms with van der Waals surface area (Å²) in [4.78, 5) is 0. The molecular formula is C16H18N+. The van der Waals surface area contributed by atoms with Crippen molar-refractivity contribution in [1.82, 2.24) is 4.48 Å². The van der Waals surface area contributed by atoms with E-state index >= 15 is 0 Å². The molecule has 0 atom stereocenters. The van der Waals surface area contributed by atoms with Gasteiger partial charge < -0.3 is 0 Å². The van der Waals surface area contributed by atoms with Gasteiger partial charge >= 0.3 is 0 Å². The molecule has 1 heterocycles. The Labute approximate surface area is 103 Å². The van der Waals surface area contributed by atoms with Crippen LogP contribution in [-0.2, 0) is 0 Å². The summed E-state index contributed by atoms with van der Waals surface area (Å²) < 4.78 is 1.03. The van der Waals surface area contributed by atoms with E-state index < -0.39 is 0 Å². The van der Waals surface area contributed by atoms with Crippen LogP contribution in [0.5, 0.6) is 0 Å². The van der Waals surface area contributed by atoms with Crippen molar-refractivity contribution in [3.63, 3.8) is 0 Å². The lowest BCUT2D eigenvalue weighted by Gasteiger charge is -2.33. The van der Waals surface area contributed by atoms with Crippen molar-refractivity contribution in [2.45, 2.75) is 12.8 Å². The molecule has 0 unspecified atom stereocenters. The zero-order chi connectivity index (χ0) is 11.6. The predicted molar refractivity (Wildman–Crippen MR) is 73.3 cm³/mol. The molecule has 0 saturated carbocycles. The van der Waals surface area contributed by atoms with Gasteiger partial charge in [0, 0.05) is 12.8 Å². The smallest absolute Gasteiger partial charge is 0.137 e. The Morgan fingerprint density at radius 2 is 1.00 bits per heavy atom. The Balaban J connectivity index is 2.11. The first-order valence-corrected chi connectivity index (χ1v) is 6.40. The van der Waals surface area contributed by atoms with Crippen molar-refractivity contribution in [1.29, 1.82) is 0 Å². The van der Waals surface area contributed by atoms with Gasteiger partial charge in [-0.15, -0.1) is 0 Å². The average Bonchev–Trinajstić information content (AvgIpc) is 2.91. The summed E-state index contributed by atoms with van der Waals surface area (Å²) in [5, 5.41) is 0. The Morgan fingerprint density at radius 1 is 0.588 bits per heavy atom. The van der Waals surface area contributed by atoms with Gasteiger partial charge in [-0.3, -0.25) is 4.48 Å². The van der Waals surface area contributed by atoms with E-state index in [1.54, 1.807) is 0 Å². The van der Waals surface area contributed by atoms with Crippen molar-refractivity contribution in [3.05, 3.63) is 60.7 Å². The fourth-order valence-corrected chi connectivity index (χ4v) is 2.97. The van der Waals surface area contributed by atoms with E-state index in [2.05, 4.69) is 60.7 Å². The molecule has 0 bridgehead atoms. The molecule has 3 rings (SSSR count). The third-order valence-electron chi connectivity index (χ3n) is 3.83. The minimum Gasteiger partial charge on any atom is -0.259 e. The molecule has 0 amide bonds. The van der Waals surface area contributed by atoms with E-state index in [-0.39, 0.29) is 0 Å². The van der Waals surface area contributed by atoms with Gasteiger partial charge in [-0.25, -0.2) is 0 Å². The topological polar surface area (TPSA) is 0 Å². The molecule has 1 aliphatic heterocycles. The van der Waals surface area contributed by atoms with Crippen molar-refractivity contribution >= 4 is 11.4 Å². The van der Waals surface area contributed by atoms with Crippen molar-refractivity contribution in [2.24, 2.45) is 0 Å². The normalized spacial score (nSPS) is 18.1. The maximum atomic E-state index is 2.26. The first kappa shape index (κ1) is 10.5. The summed E-state index contributed by atoms with van der Waals surface area (Å²) >= 11 is 0. The number of para-hydroxylation sites is 2. The van der Waals surface area contributed by atoms with Crippen molar-refractivity contribution < 1.29 is 0 Å². The van der Waals surface area contributed by atoms with Crippen LogP contribution in [0.1, 0.15) is 12.8 Å². The predicted octanol–water partition coefficient (Wildman–Crippen LogP) is 4.12. The Morgan fingerprint density at radius 3 is 1.41 bits per heavy atom. The lowest BCUT2D eigenvalue weighted by molar-refractivity contribution is 0.467. The van der Waals surface area contributed by atoms with E-state index in [0.29, 0.717) is 0 Å². The molecule has 2 aromatic carbocycles. The minimum atomic E-state index is 1.03. The second kappa shape index (κ2) is 4.34. The summed E-state index contributed by atoms with van der Waals surface area (Å²) in [6.45, 7) is 2.46. The average molecular weight is 224 g/mol. The van der Waals surface area contributed by atoms with Crippen LogP contribution in [0.25, 0.3) is 0 Å². The van der Waals surface area contributed by atoms with Crippen LogP contribution in [0, 0.1) is 0 Å². The van der Waals surface area contributed by atoms with Crippen molar-refractivity contribution in [2.75, 3.05) is 13.1 Å². The zero-order valence-corrected chi connectivity index (χ0v) is 10.0. The first-order valence-electron chi connectivity index (χ1n) is 6.40. The highest BCUT2D eigenvalue weighted by Gasteiger charge is 2.36. The molecule has 1 saturated heterocycles. The molecule has 17 heavy (non-hydrogen) atoms. The van der Waals surface area contributed by atoms with Crippen LogP contribution in [0.4, 0.5) is 11.4 Å². The fourth-order valence-electron chi connectivity index (χ4n) is 2.97. The molecular weight excluding hydrogens is 206 g/mol. The monoisotopic (exact) mass is 224 g/mol. The van der Waals surface area contributed by atoms with E-state index in [1.165, 1.54) is 37.3 Å². The highest BCUT2D eigenvalue weighted by atomic mass is 15.4. The first-order chi connectivity index (χ1) is 8.42. The molecule has 1 aliphatic rings. The van der Waals surface area contributed by atoms with Gasteiger partial charge in [0.05, 0.1) is 13.1 Å². The molecule has 0 spiro atoms. The second-order valence-electron chi connectivity index (χ2n) is 4.79. The second-order valence-corrected chi connectivity index (χ2v) is 4.79. The third kappa shape index (κ3) is 1.77. The number of nitrogens with zero attached hydrogens (tertiary/aromatic N) is 1. The van der Waals surface area contributed by atoms with Crippen LogP contribution in [-0.4, -0.2) is 13.1 Å². The summed E-state index contributed by atoms with van der Waals surface area (Å²) in [7, 11) is 0. The molecule has 0 aliphatic carbocycles. The van der Waals surface area contributed by atoms with Crippen LogP contribution < -0.4 is 4.48 Å². The molecule has 0 radical (unpaired) electrons. The number of hydrogen-bond acceptors (Lipinski definition) is 0. The molecule has 1 heteroatoms. The van der Waals surface area contributed by atoms with Crippen LogP contribution in [0.15, 0.2) is 60.7 Å². The summed E-state index contributed by atoms with van der Waals surface area (Å²) in [5.41, 5.74) is 2.85. The van der Waals surface area contributed by atoms with E-state index in [0.717, 1.165) is 4.48 Å². The lowest BCUT2D eigenvalue weighted by atomic mass is 10.2. The molecule has 0 aromatic heterocycles. The van der Waals surface area contributed by atoms with E-state index in [4.69, 9.17) is 0 Å². The largest absolute Gasteiger partial charge is 0.259 e. The number of quaternary nitrogens is 1. The summed E-state index contributed by atoms with van der Waals surface area (Å²) in [6.07, 6.45) is 2.65. The van der Waals surface area contributed by atoms with Crippen LogP contribution in [0.3, 0.4) is 0 Å². The standard InChI is InChI=1S/C16H18N/c1-3-9-15(10-4-1)17(13-7-8-14-17)16-11-5-2-6-12-16/h1-6,9-12H,7-8,13-14H2/q+1.